The van der Waals surface area contributed by atoms with Crippen molar-refractivity contribution in [2.45, 2.75) is 19.1 Å². The van der Waals surface area contributed by atoms with E-state index in [2.05, 4.69) is 5.32 Å². The van der Waals surface area contributed by atoms with Crippen LogP contribution in [0.2, 0.25) is 0 Å². The molecular weight excluding hydrogens is 323 g/mol. The molecule has 2 rings (SSSR count). The van der Waals surface area contributed by atoms with Crippen molar-refractivity contribution in [3.8, 4) is 5.75 Å². The van der Waals surface area contributed by atoms with E-state index in [1.165, 1.54) is 24.3 Å². The maximum atomic E-state index is 12.8. The van der Waals surface area contributed by atoms with Crippen LogP contribution in [0.15, 0.2) is 54.6 Å². The average molecular weight is 346 g/mol. The van der Waals surface area contributed by atoms with Gasteiger partial charge in [-0.3, -0.25) is 4.79 Å². The van der Waals surface area contributed by atoms with Crippen LogP contribution in [-0.2, 0) is 4.79 Å². The number of hydrogen-bond acceptors (Lipinski definition) is 4. The largest absolute Gasteiger partial charge is 0.491 e. The van der Waals surface area contributed by atoms with Crippen molar-refractivity contribution in [2.75, 3.05) is 13.2 Å². The third-order valence-corrected chi connectivity index (χ3v) is 3.90. The fraction of sp³-hybridized carbons (Fsp3) is 0.316. The summed E-state index contributed by atoms with van der Waals surface area (Å²) in [6.07, 6.45) is -0.880. The van der Waals surface area contributed by atoms with Crippen molar-refractivity contribution in [1.82, 2.24) is 5.32 Å². The van der Waals surface area contributed by atoms with Gasteiger partial charge < -0.3 is 20.9 Å². The van der Waals surface area contributed by atoms with Crippen LogP contribution in [0.1, 0.15) is 18.5 Å². The van der Waals surface area contributed by atoms with Gasteiger partial charge >= 0.3 is 0 Å². The highest BCUT2D eigenvalue weighted by molar-refractivity contribution is 5.79. The number of nitrogens with two attached hydrogens (primary N) is 1. The van der Waals surface area contributed by atoms with Crippen LogP contribution in [0.3, 0.4) is 0 Å². The predicted octanol–water partition coefficient (Wildman–Crippen LogP) is 2.02. The minimum absolute atomic E-state index is 0.00890. The fourth-order valence-corrected chi connectivity index (χ4v) is 2.29. The lowest BCUT2D eigenvalue weighted by Gasteiger charge is -2.21. The smallest absolute Gasteiger partial charge is 0.224 e. The zero-order chi connectivity index (χ0) is 18.2. The molecule has 0 heterocycles. The number of aliphatic hydroxyl groups excluding tert-OH is 1. The van der Waals surface area contributed by atoms with Crippen molar-refractivity contribution in [3.63, 3.8) is 0 Å². The van der Waals surface area contributed by atoms with Gasteiger partial charge in [0.25, 0.3) is 0 Å². The molecule has 5 nitrogen and oxygen atoms in total. The number of carbonyl (C=O) groups is 1. The van der Waals surface area contributed by atoms with Crippen molar-refractivity contribution in [1.29, 1.82) is 0 Å². The van der Waals surface area contributed by atoms with Gasteiger partial charge in [-0.15, -0.1) is 0 Å². The summed E-state index contributed by atoms with van der Waals surface area (Å²) in [5, 5.41) is 12.6. The highest BCUT2D eigenvalue weighted by atomic mass is 19.1. The quantitative estimate of drug-likeness (QED) is 0.683. The summed E-state index contributed by atoms with van der Waals surface area (Å²) >= 11 is 0. The molecule has 2 aromatic carbocycles. The molecule has 0 spiro atoms. The molecule has 0 saturated heterocycles. The van der Waals surface area contributed by atoms with Crippen LogP contribution in [-0.4, -0.2) is 30.3 Å². The summed E-state index contributed by atoms with van der Waals surface area (Å²) in [6, 6.07) is 14.5. The highest BCUT2D eigenvalue weighted by Gasteiger charge is 2.22. The average Bonchev–Trinajstić information content (AvgIpc) is 2.65. The Balaban J connectivity index is 1.75. The van der Waals surface area contributed by atoms with E-state index < -0.39 is 18.1 Å². The van der Waals surface area contributed by atoms with Gasteiger partial charge in [-0.2, -0.15) is 0 Å². The van der Waals surface area contributed by atoms with E-state index in [-0.39, 0.29) is 24.9 Å². The Kier molecular flexibility index (Phi) is 6.91. The number of amides is 1. The SMILES string of the molecule is CC(C(=O)NCC(O)COc1ccc(F)cc1)C(N)c1ccccc1. The molecule has 0 fully saturated rings. The molecule has 1 amide bonds. The maximum absolute atomic E-state index is 12.8. The number of hydrogen-bond donors (Lipinski definition) is 3. The van der Waals surface area contributed by atoms with E-state index in [1.807, 2.05) is 30.3 Å². The molecule has 134 valence electrons. The van der Waals surface area contributed by atoms with Gasteiger partial charge in [-0.1, -0.05) is 37.3 Å². The van der Waals surface area contributed by atoms with Gasteiger partial charge in [-0.05, 0) is 29.8 Å². The second-order valence-electron chi connectivity index (χ2n) is 5.89. The number of halogens is 1. The number of nitrogens with one attached hydrogen (secondary N) is 1. The van der Waals surface area contributed by atoms with E-state index in [0.717, 1.165) is 5.56 Å². The van der Waals surface area contributed by atoms with Gasteiger partial charge in [0, 0.05) is 12.6 Å². The number of aliphatic hydroxyl groups is 1. The molecule has 25 heavy (non-hydrogen) atoms. The molecule has 3 atom stereocenters. The first-order valence-corrected chi connectivity index (χ1v) is 8.12. The molecule has 0 aliphatic heterocycles. The lowest BCUT2D eigenvalue weighted by molar-refractivity contribution is -0.125. The zero-order valence-corrected chi connectivity index (χ0v) is 14.1. The first-order chi connectivity index (χ1) is 12.0. The second kappa shape index (κ2) is 9.15. The van der Waals surface area contributed by atoms with Gasteiger partial charge in [-0.25, -0.2) is 4.39 Å². The summed E-state index contributed by atoms with van der Waals surface area (Å²) in [5.41, 5.74) is 6.99. The monoisotopic (exact) mass is 346 g/mol. The van der Waals surface area contributed by atoms with Crippen molar-refractivity contribution < 1.29 is 19.0 Å². The van der Waals surface area contributed by atoms with Crippen molar-refractivity contribution in [2.24, 2.45) is 11.7 Å². The second-order valence-corrected chi connectivity index (χ2v) is 5.89. The number of rotatable bonds is 8. The molecule has 0 aromatic heterocycles. The molecule has 0 bridgehead atoms. The Labute approximate surface area is 146 Å². The summed E-state index contributed by atoms with van der Waals surface area (Å²) in [4.78, 5) is 12.2. The van der Waals surface area contributed by atoms with Crippen LogP contribution in [0.5, 0.6) is 5.75 Å². The predicted molar refractivity (Wildman–Crippen MR) is 93.4 cm³/mol. The van der Waals surface area contributed by atoms with E-state index >= 15 is 0 Å². The first-order valence-electron chi connectivity index (χ1n) is 8.12. The van der Waals surface area contributed by atoms with Gasteiger partial charge in [0.15, 0.2) is 0 Å². The normalized spacial score (nSPS) is 14.4. The van der Waals surface area contributed by atoms with Crippen LogP contribution >= 0.6 is 0 Å². The summed E-state index contributed by atoms with van der Waals surface area (Å²) in [7, 11) is 0. The standard InChI is InChI=1S/C19H23FN2O3/c1-13(18(21)14-5-3-2-4-6-14)19(24)22-11-16(23)12-25-17-9-7-15(20)8-10-17/h2-10,13,16,18,23H,11-12,21H2,1H3,(H,22,24). The Morgan fingerprint density at radius 1 is 1.20 bits per heavy atom. The van der Waals surface area contributed by atoms with Gasteiger partial charge in [0.1, 0.15) is 24.3 Å². The topological polar surface area (TPSA) is 84.6 Å². The third kappa shape index (κ3) is 5.85. The van der Waals surface area contributed by atoms with Crippen molar-refractivity contribution >= 4 is 5.91 Å². The van der Waals surface area contributed by atoms with Crippen LogP contribution in [0.4, 0.5) is 4.39 Å². The van der Waals surface area contributed by atoms with E-state index in [1.54, 1.807) is 6.92 Å². The van der Waals surface area contributed by atoms with E-state index in [9.17, 15) is 14.3 Å². The lowest BCUT2D eigenvalue weighted by Crippen LogP contribution is -2.40. The molecule has 6 heteroatoms. The lowest BCUT2D eigenvalue weighted by atomic mass is 9.94. The summed E-state index contributed by atoms with van der Waals surface area (Å²) in [6.45, 7) is 1.78. The Hall–Kier alpha value is -2.44. The zero-order valence-electron chi connectivity index (χ0n) is 14.1. The van der Waals surface area contributed by atoms with Crippen LogP contribution in [0, 0.1) is 11.7 Å². The van der Waals surface area contributed by atoms with Crippen molar-refractivity contribution in [3.05, 3.63) is 66.0 Å². The highest BCUT2D eigenvalue weighted by Crippen LogP contribution is 2.19. The Morgan fingerprint density at radius 2 is 1.84 bits per heavy atom. The van der Waals surface area contributed by atoms with Gasteiger partial charge in [0.2, 0.25) is 5.91 Å². The minimum Gasteiger partial charge on any atom is -0.491 e. The Morgan fingerprint density at radius 3 is 2.48 bits per heavy atom. The third-order valence-electron chi connectivity index (χ3n) is 3.90. The number of carbonyl (C=O) groups excluding carboxylic acids is 1. The summed E-state index contributed by atoms with van der Waals surface area (Å²) < 4.78 is 18.1. The van der Waals surface area contributed by atoms with Crippen LogP contribution < -0.4 is 15.8 Å². The van der Waals surface area contributed by atoms with Gasteiger partial charge in [0.05, 0.1) is 5.92 Å². The molecule has 3 unspecified atom stereocenters. The minimum atomic E-state index is -0.880. The summed E-state index contributed by atoms with van der Waals surface area (Å²) in [5.74, 6) is -0.583. The first kappa shape index (κ1) is 18.9. The number of benzene rings is 2. The number of ether oxygens (including phenoxy) is 1. The molecule has 4 N–H and O–H groups in total. The maximum Gasteiger partial charge on any atom is 0.224 e. The molecule has 0 saturated carbocycles. The Bertz CT molecular complexity index is 664. The van der Waals surface area contributed by atoms with Crippen LogP contribution in [0.25, 0.3) is 0 Å². The molecule has 0 aliphatic rings. The molecule has 2 aromatic rings. The fourth-order valence-electron chi connectivity index (χ4n) is 2.29. The molecular formula is C19H23FN2O3. The van der Waals surface area contributed by atoms with E-state index in [0.29, 0.717) is 5.75 Å². The molecule has 0 aliphatic carbocycles. The van der Waals surface area contributed by atoms with E-state index in [4.69, 9.17) is 10.5 Å². The molecule has 0 radical (unpaired) electrons.